The van der Waals surface area contributed by atoms with Gasteiger partial charge in [-0.3, -0.25) is 14.5 Å². The van der Waals surface area contributed by atoms with Crippen molar-refractivity contribution in [3.63, 3.8) is 0 Å². The van der Waals surface area contributed by atoms with Crippen molar-refractivity contribution in [2.75, 3.05) is 38.5 Å². The van der Waals surface area contributed by atoms with Gasteiger partial charge in [0.15, 0.2) is 0 Å². The molecule has 0 aromatic heterocycles. The second-order valence-electron chi connectivity index (χ2n) is 7.22. The Labute approximate surface area is 184 Å². The summed E-state index contributed by atoms with van der Waals surface area (Å²) in [6.45, 7) is 3.84. The Morgan fingerprint density at radius 1 is 1.48 bits per heavy atom. The first-order valence-corrected chi connectivity index (χ1v) is 12.0. The van der Waals surface area contributed by atoms with E-state index in [-0.39, 0.29) is 29.0 Å². The van der Waals surface area contributed by atoms with Crippen molar-refractivity contribution in [2.24, 2.45) is 11.7 Å². The van der Waals surface area contributed by atoms with Crippen LogP contribution in [0.2, 0.25) is 0 Å². The number of morpholine rings is 1. The van der Waals surface area contributed by atoms with Crippen molar-refractivity contribution in [3.8, 4) is 0 Å². The molecular formula is C19H27ClN4O3S2. The molecule has 3 atom stereocenters. The molecule has 4 N–H and O–H groups in total. The monoisotopic (exact) mass is 458 g/mol. The first-order valence-electron chi connectivity index (χ1n) is 9.63. The Morgan fingerprint density at radius 2 is 2.34 bits per heavy atom. The van der Waals surface area contributed by atoms with E-state index in [0.29, 0.717) is 24.8 Å². The largest absolute Gasteiger partial charge is 0.374 e. The van der Waals surface area contributed by atoms with E-state index in [1.54, 1.807) is 11.8 Å². The van der Waals surface area contributed by atoms with Crippen LogP contribution in [0.1, 0.15) is 12.8 Å². The van der Waals surface area contributed by atoms with E-state index < -0.39 is 0 Å². The molecule has 0 spiro atoms. The number of ether oxygens (including phenoxy) is 1. The summed E-state index contributed by atoms with van der Waals surface area (Å²) in [6.07, 6.45) is 7.39. The van der Waals surface area contributed by atoms with Gasteiger partial charge in [0, 0.05) is 36.9 Å². The van der Waals surface area contributed by atoms with Crippen LogP contribution in [-0.2, 0) is 14.3 Å². The third kappa shape index (κ3) is 7.90. The minimum atomic E-state index is -0.367. The van der Waals surface area contributed by atoms with Crippen LogP contribution in [0.5, 0.6) is 0 Å². The Hall–Kier alpha value is -1.13. The lowest BCUT2D eigenvalue weighted by molar-refractivity contribution is -0.120. The van der Waals surface area contributed by atoms with Gasteiger partial charge in [0.05, 0.1) is 24.9 Å². The summed E-state index contributed by atoms with van der Waals surface area (Å²) in [5, 5.41) is 8.85. The molecule has 0 radical (unpaired) electrons. The van der Waals surface area contributed by atoms with Crippen LogP contribution >= 0.6 is 35.1 Å². The first kappa shape index (κ1) is 22.6. The third-order valence-electron chi connectivity index (χ3n) is 4.72. The predicted octanol–water partition coefficient (Wildman–Crippen LogP) is 1.57. The zero-order chi connectivity index (χ0) is 20.6. The van der Waals surface area contributed by atoms with E-state index in [4.69, 9.17) is 22.1 Å². The Morgan fingerprint density at radius 3 is 3.14 bits per heavy atom. The lowest BCUT2D eigenvalue weighted by Crippen LogP contribution is -2.48. The van der Waals surface area contributed by atoms with Gasteiger partial charge in [-0.25, -0.2) is 0 Å². The zero-order valence-corrected chi connectivity index (χ0v) is 18.5. The van der Waals surface area contributed by atoms with Crippen molar-refractivity contribution >= 4 is 46.9 Å². The Balaban J connectivity index is 1.31. The van der Waals surface area contributed by atoms with Gasteiger partial charge in [-0.15, -0.1) is 11.8 Å². The van der Waals surface area contributed by atoms with Crippen LogP contribution in [0.4, 0.5) is 0 Å². The summed E-state index contributed by atoms with van der Waals surface area (Å²) < 4.78 is 5.84. The molecule has 29 heavy (non-hydrogen) atoms. The van der Waals surface area contributed by atoms with Crippen molar-refractivity contribution in [1.29, 1.82) is 0 Å². The lowest BCUT2D eigenvalue weighted by Gasteiger charge is -2.34. The topological polar surface area (TPSA) is 96.7 Å². The van der Waals surface area contributed by atoms with E-state index in [0.717, 1.165) is 36.8 Å². The number of nitrogens with zero attached hydrogens (tertiary/aromatic N) is 1. The SMILES string of the molecule is NC(=O)CC1=CSC(SCC(=O)NC[C@H]2CN(CC3C=C(Cl)C=CC3)CCO2)N1. The van der Waals surface area contributed by atoms with Gasteiger partial charge < -0.3 is 21.1 Å². The number of nitrogens with two attached hydrogens (primary N) is 1. The maximum Gasteiger partial charge on any atom is 0.230 e. The number of thioether (sulfide) groups is 2. The van der Waals surface area contributed by atoms with Crippen LogP contribution in [0.15, 0.2) is 34.4 Å². The minimum Gasteiger partial charge on any atom is -0.374 e. The maximum atomic E-state index is 12.2. The first-order chi connectivity index (χ1) is 14.0. The molecule has 7 nitrogen and oxygen atoms in total. The molecule has 3 rings (SSSR count). The van der Waals surface area contributed by atoms with E-state index in [9.17, 15) is 9.59 Å². The number of rotatable bonds is 9. The zero-order valence-electron chi connectivity index (χ0n) is 16.1. The number of allylic oxidation sites excluding steroid dienone is 3. The van der Waals surface area contributed by atoms with Crippen molar-refractivity contribution in [2.45, 2.75) is 23.7 Å². The van der Waals surface area contributed by atoms with Crippen LogP contribution < -0.4 is 16.4 Å². The van der Waals surface area contributed by atoms with Gasteiger partial charge in [-0.1, -0.05) is 35.5 Å². The number of hydrogen-bond donors (Lipinski definition) is 3. The average Bonchev–Trinajstić information content (AvgIpc) is 3.12. The van der Waals surface area contributed by atoms with Gasteiger partial charge in [0.25, 0.3) is 0 Å². The molecular weight excluding hydrogens is 432 g/mol. The molecule has 0 aromatic carbocycles. The summed E-state index contributed by atoms with van der Waals surface area (Å²) in [5.74, 6) is 0.389. The van der Waals surface area contributed by atoms with Crippen LogP contribution in [0, 0.1) is 5.92 Å². The van der Waals surface area contributed by atoms with E-state index in [2.05, 4.69) is 27.7 Å². The number of amides is 2. The highest BCUT2D eigenvalue weighted by atomic mass is 35.5. The van der Waals surface area contributed by atoms with Gasteiger partial charge in [-0.2, -0.15) is 0 Å². The third-order valence-corrected chi connectivity index (χ3v) is 7.35. The standard InChI is InChI=1S/C19H27ClN4O3S2/c20-14-3-1-2-13(6-14)9-24-4-5-27-16(10-24)8-22-18(26)12-29-19-23-15(11-28-19)7-17(21)25/h1,3,6,11,13,16,19,23H,2,4-5,7-10,12H2,(H2,21,25)(H,22,26)/t13?,16-,19?/m0/s1. The number of carbonyl (C=O) groups excluding carboxylic acids is 2. The van der Waals surface area contributed by atoms with E-state index >= 15 is 0 Å². The van der Waals surface area contributed by atoms with Crippen LogP contribution in [-0.4, -0.2) is 66.1 Å². The van der Waals surface area contributed by atoms with Crippen molar-refractivity contribution in [1.82, 2.24) is 15.5 Å². The van der Waals surface area contributed by atoms with Gasteiger partial charge >= 0.3 is 0 Å². The molecule has 2 unspecified atom stereocenters. The molecule has 2 heterocycles. The molecule has 3 aliphatic rings. The molecule has 2 amide bonds. The fourth-order valence-electron chi connectivity index (χ4n) is 3.39. The molecule has 160 valence electrons. The highest BCUT2D eigenvalue weighted by molar-refractivity contribution is 8.18. The van der Waals surface area contributed by atoms with E-state index in [1.807, 2.05) is 11.5 Å². The molecule has 1 aliphatic carbocycles. The van der Waals surface area contributed by atoms with Gasteiger partial charge in [-0.05, 0) is 23.8 Å². The smallest absolute Gasteiger partial charge is 0.230 e. The maximum absolute atomic E-state index is 12.2. The van der Waals surface area contributed by atoms with Crippen molar-refractivity contribution < 1.29 is 14.3 Å². The summed E-state index contributed by atoms with van der Waals surface area (Å²) in [6, 6.07) is 0. The number of primary amides is 1. The lowest BCUT2D eigenvalue weighted by atomic mass is 10.00. The molecule has 1 fully saturated rings. The highest BCUT2D eigenvalue weighted by Crippen LogP contribution is 2.30. The second-order valence-corrected chi connectivity index (χ2v) is 10.0. The van der Waals surface area contributed by atoms with E-state index in [1.165, 1.54) is 11.8 Å². The minimum absolute atomic E-state index is 0.000833. The second kappa shape index (κ2) is 11.3. The summed E-state index contributed by atoms with van der Waals surface area (Å²) in [7, 11) is 0. The molecule has 2 aliphatic heterocycles. The highest BCUT2D eigenvalue weighted by Gasteiger charge is 2.24. The number of hydrogen-bond acceptors (Lipinski definition) is 7. The van der Waals surface area contributed by atoms with Gasteiger partial charge in [0.1, 0.15) is 4.71 Å². The summed E-state index contributed by atoms with van der Waals surface area (Å²) >= 11 is 9.14. The predicted molar refractivity (Wildman–Crippen MR) is 119 cm³/mol. The molecule has 1 saturated heterocycles. The fraction of sp³-hybridized carbons (Fsp3) is 0.579. The summed E-state index contributed by atoms with van der Waals surface area (Å²) in [5.41, 5.74) is 6.00. The molecule has 10 heteroatoms. The van der Waals surface area contributed by atoms with Gasteiger partial charge in [0.2, 0.25) is 11.8 Å². The van der Waals surface area contributed by atoms with Crippen LogP contribution in [0.25, 0.3) is 0 Å². The number of halogens is 1. The average molecular weight is 459 g/mol. The number of nitrogens with one attached hydrogen (secondary N) is 2. The Bertz CT molecular complexity index is 701. The summed E-state index contributed by atoms with van der Waals surface area (Å²) in [4.78, 5) is 25.5. The normalized spacial score (nSPS) is 27.1. The molecule has 0 bridgehead atoms. The van der Waals surface area contributed by atoms with Crippen LogP contribution in [0.3, 0.4) is 0 Å². The number of carbonyl (C=O) groups is 2. The fourth-order valence-corrected chi connectivity index (χ4v) is 5.64. The Kier molecular flexibility index (Phi) is 8.80. The van der Waals surface area contributed by atoms with Crippen molar-refractivity contribution in [3.05, 3.63) is 34.4 Å². The molecule has 0 saturated carbocycles. The molecule has 0 aromatic rings. The quantitative estimate of drug-likeness (QED) is 0.482.